The third-order valence-corrected chi connectivity index (χ3v) is 7.11. The number of nitrogens with two attached hydrogens (primary N) is 1. The summed E-state index contributed by atoms with van der Waals surface area (Å²) in [6, 6.07) is 18.8. The lowest BCUT2D eigenvalue weighted by Crippen LogP contribution is -2.27. The zero-order valence-corrected chi connectivity index (χ0v) is 23.0. The molecule has 0 bridgehead atoms. The van der Waals surface area contributed by atoms with Crippen LogP contribution >= 0.6 is 11.9 Å². The number of benzene rings is 2. The van der Waals surface area contributed by atoms with Gasteiger partial charge in [0.15, 0.2) is 0 Å². The van der Waals surface area contributed by atoms with Crippen molar-refractivity contribution in [1.82, 2.24) is 14.2 Å². The Morgan fingerprint density at radius 1 is 1.00 bits per heavy atom. The summed E-state index contributed by atoms with van der Waals surface area (Å²) in [6.45, 7) is 15.7. The number of aromatic nitrogens is 1. The first-order valence-electron chi connectivity index (χ1n) is 12.8. The molecule has 5 nitrogen and oxygen atoms in total. The minimum Gasteiger partial charge on any atom is -0.347 e. The third kappa shape index (κ3) is 7.47. The Morgan fingerprint density at radius 2 is 1.66 bits per heavy atom. The number of carbonyl (C=O) groups is 1. The van der Waals surface area contributed by atoms with Gasteiger partial charge in [0.2, 0.25) is 0 Å². The van der Waals surface area contributed by atoms with E-state index in [2.05, 4.69) is 59.9 Å². The van der Waals surface area contributed by atoms with Gasteiger partial charge in [-0.15, -0.1) is 0 Å². The van der Waals surface area contributed by atoms with Gasteiger partial charge in [-0.2, -0.15) is 0 Å². The van der Waals surface area contributed by atoms with E-state index in [4.69, 9.17) is 5.73 Å². The van der Waals surface area contributed by atoms with Crippen molar-refractivity contribution in [2.24, 2.45) is 5.73 Å². The second kappa shape index (κ2) is 14.8. The molecule has 0 saturated heterocycles. The molecule has 190 valence electrons. The van der Waals surface area contributed by atoms with Crippen LogP contribution in [0.4, 0.5) is 0 Å². The van der Waals surface area contributed by atoms with Crippen LogP contribution in [0.2, 0.25) is 0 Å². The largest absolute Gasteiger partial charge is 0.347 e. The fraction of sp³-hybridized carbons (Fsp3) is 0.414. The Bertz CT molecular complexity index is 1080. The van der Waals surface area contributed by atoms with Crippen molar-refractivity contribution in [1.29, 1.82) is 0 Å². The molecular weight excluding hydrogens is 452 g/mol. The zero-order valence-electron chi connectivity index (χ0n) is 22.2. The molecule has 0 saturated carbocycles. The average molecular weight is 495 g/mol. The van der Waals surface area contributed by atoms with Crippen LogP contribution in [0.1, 0.15) is 66.1 Å². The Morgan fingerprint density at radius 3 is 2.34 bits per heavy atom. The van der Waals surface area contributed by atoms with Crippen molar-refractivity contribution < 1.29 is 4.79 Å². The van der Waals surface area contributed by atoms with Gasteiger partial charge in [-0.1, -0.05) is 76.2 Å². The Hall–Kier alpha value is -2.54. The van der Waals surface area contributed by atoms with Crippen molar-refractivity contribution >= 4 is 17.9 Å². The zero-order chi connectivity index (χ0) is 25.8. The van der Waals surface area contributed by atoms with Crippen LogP contribution in [-0.2, 0) is 26.1 Å². The van der Waals surface area contributed by atoms with Crippen LogP contribution in [0.15, 0.2) is 59.5 Å². The topological polar surface area (TPSA) is 63.3 Å². The minimum absolute atomic E-state index is 0.0596. The van der Waals surface area contributed by atoms with Crippen molar-refractivity contribution in [2.75, 3.05) is 13.1 Å². The molecule has 35 heavy (non-hydrogen) atoms. The molecule has 2 heterocycles. The van der Waals surface area contributed by atoms with Crippen LogP contribution in [0.3, 0.4) is 0 Å². The van der Waals surface area contributed by atoms with Crippen LogP contribution in [0.25, 0.3) is 0 Å². The summed E-state index contributed by atoms with van der Waals surface area (Å²) in [5.74, 6) is -0.0596. The van der Waals surface area contributed by atoms with E-state index in [1.54, 1.807) is 11.9 Å². The first-order chi connectivity index (χ1) is 17.1. The molecule has 2 aromatic carbocycles. The molecule has 0 aliphatic carbocycles. The monoisotopic (exact) mass is 494 g/mol. The predicted molar refractivity (Wildman–Crippen MR) is 150 cm³/mol. The third-order valence-electron chi connectivity index (χ3n) is 5.93. The standard InChI is InChI=1S/C25H30N4OS.2C2H6/c1-18-7-3-4-9-21(18)16-27-25(30)23-15-24(19(2)29(23)14-12-26)31-28-13-11-20-8-5-6-10-22(20)17-28;2*1-2/h3-10,15H,11-14,16-17,26H2,1-2H3,(H,27,30);2*1-2H3. The fourth-order valence-corrected chi connectivity index (χ4v) is 5.15. The number of fused-ring (bicyclic) bond motifs is 1. The second-order valence-electron chi connectivity index (χ2n) is 8.00. The quantitative estimate of drug-likeness (QED) is 0.389. The highest BCUT2D eigenvalue weighted by atomic mass is 32.2. The van der Waals surface area contributed by atoms with Gasteiger partial charge in [-0.25, -0.2) is 4.31 Å². The number of amides is 1. The SMILES string of the molecule is CC.CC.Cc1ccccc1CNC(=O)c1cc(SN2CCc3ccccc3C2)c(C)n1CCN. The van der Waals surface area contributed by atoms with Gasteiger partial charge in [-0.05, 0) is 60.5 Å². The Balaban J connectivity index is 0.00000103. The van der Waals surface area contributed by atoms with Crippen LogP contribution in [0, 0.1) is 13.8 Å². The van der Waals surface area contributed by atoms with Gasteiger partial charge in [-0.3, -0.25) is 4.79 Å². The lowest BCUT2D eigenvalue weighted by molar-refractivity contribution is 0.0941. The Kier molecular flexibility index (Phi) is 12.1. The summed E-state index contributed by atoms with van der Waals surface area (Å²) in [4.78, 5) is 14.2. The van der Waals surface area contributed by atoms with Crippen molar-refractivity contribution in [3.8, 4) is 0 Å². The van der Waals surface area contributed by atoms with Gasteiger partial charge in [0.25, 0.3) is 5.91 Å². The molecule has 4 rings (SSSR count). The fourth-order valence-electron chi connectivity index (χ4n) is 4.08. The summed E-state index contributed by atoms with van der Waals surface area (Å²) in [7, 11) is 0. The molecular formula is C29H42N4OS. The van der Waals surface area contributed by atoms with Crippen molar-refractivity contribution in [3.63, 3.8) is 0 Å². The first kappa shape index (κ1) is 28.7. The molecule has 1 aliphatic heterocycles. The van der Waals surface area contributed by atoms with Gasteiger partial charge in [0.05, 0.1) is 0 Å². The number of aryl methyl sites for hydroxylation is 1. The molecule has 6 heteroatoms. The maximum atomic E-state index is 13.1. The lowest BCUT2D eigenvalue weighted by atomic mass is 10.0. The average Bonchev–Trinajstić information content (AvgIpc) is 3.21. The molecule has 1 aliphatic rings. The number of carbonyl (C=O) groups excluding carboxylic acids is 1. The smallest absolute Gasteiger partial charge is 0.268 e. The lowest BCUT2D eigenvalue weighted by Gasteiger charge is -2.27. The van der Waals surface area contributed by atoms with Crippen LogP contribution < -0.4 is 11.1 Å². The van der Waals surface area contributed by atoms with E-state index >= 15 is 0 Å². The van der Waals surface area contributed by atoms with Crippen LogP contribution in [0.5, 0.6) is 0 Å². The molecule has 3 aromatic rings. The maximum Gasteiger partial charge on any atom is 0.268 e. The summed E-state index contributed by atoms with van der Waals surface area (Å²) in [5.41, 5.74) is 12.8. The van der Waals surface area contributed by atoms with E-state index in [0.717, 1.165) is 35.7 Å². The molecule has 0 atom stereocenters. The number of rotatable bonds is 7. The van der Waals surface area contributed by atoms with Gasteiger partial charge in [0.1, 0.15) is 5.69 Å². The van der Waals surface area contributed by atoms with E-state index in [-0.39, 0.29) is 5.91 Å². The Labute approximate surface area is 216 Å². The molecule has 0 unspecified atom stereocenters. The highest BCUT2D eigenvalue weighted by molar-refractivity contribution is 7.97. The van der Waals surface area contributed by atoms with Gasteiger partial charge < -0.3 is 15.6 Å². The summed E-state index contributed by atoms with van der Waals surface area (Å²) in [5, 5.41) is 3.09. The molecule has 0 radical (unpaired) electrons. The van der Waals surface area contributed by atoms with E-state index < -0.39 is 0 Å². The number of nitrogens with zero attached hydrogens (tertiary/aromatic N) is 2. The summed E-state index contributed by atoms with van der Waals surface area (Å²) < 4.78 is 4.43. The first-order valence-corrected chi connectivity index (χ1v) is 13.6. The second-order valence-corrected chi connectivity index (χ2v) is 9.14. The maximum absolute atomic E-state index is 13.1. The van der Waals surface area contributed by atoms with Crippen molar-refractivity contribution in [2.45, 2.75) is 72.5 Å². The highest BCUT2D eigenvalue weighted by Gasteiger charge is 2.22. The molecule has 1 amide bonds. The minimum atomic E-state index is -0.0596. The van der Waals surface area contributed by atoms with Crippen molar-refractivity contribution in [3.05, 3.63) is 88.2 Å². The molecule has 0 fully saturated rings. The highest BCUT2D eigenvalue weighted by Crippen LogP contribution is 2.33. The van der Waals surface area contributed by atoms with E-state index in [9.17, 15) is 4.79 Å². The number of hydrogen-bond donors (Lipinski definition) is 2. The summed E-state index contributed by atoms with van der Waals surface area (Å²) in [6.07, 6.45) is 1.05. The van der Waals surface area contributed by atoms with Gasteiger partial charge >= 0.3 is 0 Å². The molecule has 0 spiro atoms. The normalized spacial score (nSPS) is 12.5. The number of hydrogen-bond acceptors (Lipinski definition) is 4. The van der Waals surface area contributed by atoms with E-state index in [1.165, 1.54) is 16.7 Å². The van der Waals surface area contributed by atoms with Crippen LogP contribution in [-0.4, -0.2) is 27.9 Å². The van der Waals surface area contributed by atoms with E-state index in [1.807, 2.05) is 50.5 Å². The summed E-state index contributed by atoms with van der Waals surface area (Å²) >= 11 is 1.74. The predicted octanol–water partition coefficient (Wildman–Crippen LogP) is 6.11. The number of nitrogens with one attached hydrogen (secondary N) is 1. The molecule has 1 aromatic heterocycles. The molecule has 3 N–H and O–H groups in total. The van der Waals surface area contributed by atoms with Gasteiger partial charge in [0, 0.05) is 43.3 Å². The van der Waals surface area contributed by atoms with E-state index in [0.29, 0.717) is 25.3 Å².